The second-order valence-electron chi connectivity index (χ2n) is 6.41. The number of alkyl halides is 1. The van der Waals surface area contributed by atoms with Crippen molar-refractivity contribution < 1.29 is 17.4 Å². The number of benzene rings is 2. The van der Waals surface area contributed by atoms with Crippen LogP contribution in [-0.2, 0) is 21.5 Å². The molecule has 0 N–H and O–H groups in total. The summed E-state index contributed by atoms with van der Waals surface area (Å²) in [6, 6.07) is 15.8. The smallest absolute Gasteiger partial charge is 0.308 e. The molecular formula is C20H24ClNO4S. The zero-order valence-corrected chi connectivity index (χ0v) is 17.2. The van der Waals surface area contributed by atoms with Gasteiger partial charge in [-0.1, -0.05) is 42.5 Å². The molecule has 0 aliphatic heterocycles. The van der Waals surface area contributed by atoms with Gasteiger partial charge in [-0.2, -0.15) is 8.42 Å². The van der Waals surface area contributed by atoms with Crippen LogP contribution in [0.15, 0.2) is 54.6 Å². The van der Waals surface area contributed by atoms with Crippen LogP contribution < -0.4 is 4.18 Å². The maximum atomic E-state index is 12.9. The fraction of sp³-hybridized carbons (Fsp3) is 0.350. The standard InChI is InChI=1S/C20H24ClNO4S/c1-4-27(24,25)26-18-12-8-9-16(13-18)14-22(15(2)3)20(23)19(21)17-10-6-5-7-11-17/h5-13,15,19H,4,14H2,1-3H3/t19-/m0/s1. The fourth-order valence-corrected chi connectivity index (χ4v) is 3.31. The van der Waals surface area contributed by atoms with Crippen molar-refractivity contribution >= 4 is 27.6 Å². The van der Waals surface area contributed by atoms with E-state index in [9.17, 15) is 13.2 Å². The van der Waals surface area contributed by atoms with E-state index in [-0.39, 0.29) is 23.5 Å². The molecule has 0 heterocycles. The van der Waals surface area contributed by atoms with Gasteiger partial charge in [0.25, 0.3) is 0 Å². The summed E-state index contributed by atoms with van der Waals surface area (Å²) in [7, 11) is -3.60. The lowest BCUT2D eigenvalue weighted by Crippen LogP contribution is -2.38. The molecule has 0 fully saturated rings. The fourth-order valence-electron chi connectivity index (χ4n) is 2.52. The van der Waals surface area contributed by atoms with Crippen LogP contribution in [0.1, 0.15) is 37.3 Å². The number of halogens is 1. The van der Waals surface area contributed by atoms with E-state index in [2.05, 4.69) is 0 Å². The van der Waals surface area contributed by atoms with E-state index < -0.39 is 15.5 Å². The van der Waals surface area contributed by atoms with Crippen LogP contribution in [-0.4, -0.2) is 31.0 Å². The lowest BCUT2D eigenvalue weighted by Gasteiger charge is -2.29. The molecule has 0 spiro atoms. The molecule has 2 rings (SSSR count). The van der Waals surface area contributed by atoms with Gasteiger partial charge in [0, 0.05) is 12.6 Å². The predicted molar refractivity (Wildman–Crippen MR) is 107 cm³/mol. The third-order valence-electron chi connectivity index (χ3n) is 4.04. The maximum absolute atomic E-state index is 12.9. The lowest BCUT2D eigenvalue weighted by molar-refractivity contribution is -0.133. The summed E-state index contributed by atoms with van der Waals surface area (Å²) in [6.07, 6.45) is 0. The van der Waals surface area contributed by atoms with E-state index in [0.717, 1.165) is 11.1 Å². The highest BCUT2D eigenvalue weighted by molar-refractivity contribution is 7.87. The molecule has 0 radical (unpaired) electrons. The average molecular weight is 410 g/mol. The highest BCUT2D eigenvalue weighted by atomic mass is 35.5. The highest BCUT2D eigenvalue weighted by Crippen LogP contribution is 2.26. The van der Waals surface area contributed by atoms with E-state index in [1.807, 2.05) is 50.2 Å². The van der Waals surface area contributed by atoms with Gasteiger partial charge in [0.05, 0.1) is 5.75 Å². The molecule has 1 atom stereocenters. The summed E-state index contributed by atoms with van der Waals surface area (Å²) in [5.41, 5.74) is 1.50. The first-order chi connectivity index (χ1) is 12.7. The summed E-state index contributed by atoms with van der Waals surface area (Å²) in [6.45, 7) is 5.64. The lowest BCUT2D eigenvalue weighted by atomic mass is 10.1. The Morgan fingerprint density at radius 3 is 2.37 bits per heavy atom. The first-order valence-corrected chi connectivity index (χ1v) is 10.8. The molecular weight excluding hydrogens is 386 g/mol. The molecule has 0 aliphatic rings. The SMILES string of the molecule is CCS(=O)(=O)Oc1cccc(CN(C(=O)[C@@H](Cl)c2ccccc2)C(C)C)c1. The quantitative estimate of drug-likeness (QED) is 0.485. The van der Waals surface area contributed by atoms with Crippen molar-refractivity contribution in [2.45, 2.75) is 38.7 Å². The van der Waals surface area contributed by atoms with Gasteiger partial charge in [-0.05, 0) is 44.0 Å². The molecule has 5 nitrogen and oxygen atoms in total. The number of amides is 1. The third kappa shape index (κ3) is 5.97. The second-order valence-corrected chi connectivity index (χ2v) is 8.71. The van der Waals surface area contributed by atoms with Crippen LogP contribution >= 0.6 is 11.6 Å². The Hall–Kier alpha value is -2.05. The van der Waals surface area contributed by atoms with Crippen LogP contribution in [0.25, 0.3) is 0 Å². The van der Waals surface area contributed by atoms with Crippen molar-refractivity contribution in [3.63, 3.8) is 0 Å². The molecule has 0 aromatic heterocycles. The molecule has 0 aliphatic carbocycles. The van der Waals surface area contributed by atoms with Crippen LogP contribution in [0, 0.1) is 0 Å². The molecule has 0 unspecified atom stereocenters. The topological polar surface area (TPSA) is 63.7 Å². The van der Waals surface area contributed by atoms with Crippen molar-refractivity contribution in [1.29, 1.82) is 0 Å². The van der Waals surface area contributed by atoms with Crippen molar-refractivity contribution in [2.24, 2.45) is 0 Å². The van der Waals surface area contributed by atoms with Gasteiger partial charge in [0.2, 0.25) is 5.91 Å². The van der Waals surface area contributed by atoms with E-state index in [4.69, 9.17) is 15.8 Å². The van der Waals surface area contributed by atoms with Gasteiger partial charge < -0.3 is 9.08 Å². The van der Waals surface area contributed by atoms with Crippen LogP contribution in [0.5, 0.6) is 5.75 Å². The van der Waals surface area contributed by atoms with Gasteiger partial charge in [-0.15, -0.1) is 11.6 Å². The van der Waals surface area contributed by atoms with Gasteiger partial charge in [-0.3, -0.25) is 4.79 Å². The maximum Gasteiger partial charge on any atom is 0.308 e. The Labute approximate surface area is 166 Å². The van der Waals surface area contributed by atoms with Crippen molar-refractivity contribution in [2.75, 3.05) is 5.75 Å². The first-order valence-electron chi connectivity index (χ1n) is 8.74. The Morgan fingerprint density at radius 2 is 1.78 bits per heavy atom. The minimum atomic E-state index is -3.60. The minimum Gasteiger partial charge on any atom is -0.382 e. The summed E-state index contributed by atoms with van der Waals surface area (Å²) in [5, 5.41) is -0.784. The number of hydrogen-bond donors (Lipinski definition) is 0. The third-order valence-corrected chi connectivity index (χ3v) is 5.64. The minimum absolute atomic E-state index is 0.0774. The molecule has 0 saturated carbocycles. The Bertz CT molecular complexity index is 869. The Morgan fingerprint density at radius 1 is 1.11 bits per heavy atom. The zero-order valence-electron chi connectivity index (χ0n) is 15.6. The molecule has 146 valence electrons. The summed E-state index contributed by atoms with van der Waals surface area (Å²) in [5.74, 6) is -0.0832. The second kappa shape index (κ2) is 9.24. The van der Waals surface area contributed by atoms with Crippen LogP contribution in [0.3, 0.4) is 0 Å². The van der Waals surface area contributed by atoms with Crippen molar-refractivity contribution in [3.8, 4) is 5.75 Å². The van der Waals surface area contributed by atoms with Gasteiger partial charge in [0.15, 0.2) is 0 Å². The highest BCUT2D eigenvalue weighted by Gasteiger charge is 2.26. The largest absolute Gasteiger partial charge is 0.382 e. The van der Waals surface area contributed by atoms with Gasteiger partial charge in [-0.25, -0.2) is 0 Å². The molecule has 7 heteroatoms. The summed E-state index contributed by atoms with van der Waals surface area (Å²) >= 11 is 6.40. The molecule has 0 saturated heterocycles. The average Bonchev–Trinajstić information content (AvgIpc) is 2.65. The van der Waals surface area contributed by atoms with Crippen LogP contribution in [0.4, 0.5) is 0 Å². The van der Waals surface area contributed by atoms with Crippen LogP contribution in [0.2, 0.25) is 0 Å². The van der Waals surface area contributed by atoms with E-state index in [1.165, 1.54) is 6.92 Å². The van der Waals surface area contributed by atoms with Gasteiger partial charge >= 0.3 is 10.1 Å². The van der Waals surface area contributed by atoms with E-state index in [0.29, 0.717) is 6.54 Å². The van der Waals surface area contributed by atoms with E-state index >= 15 is 0 Å². The molecule has 2 aromatic rings. The molecule has 27 heavy (non-hydrogen) atoms. The predicted octanol–water partition coefficient (Wildman–Crippen LogP) is 4.13. The normalized spacial score (nSPS) is 12.6. The first kappa shape index (κ1) is 21.3. The molecule has 0 bridgehead atoms. The van der Waals surface area contributed by atoms with Crippen molar-refractivity contribution in [3.05, 3.63) is 65.7 Å². The Balaban J connectivity index is 2.20. The summed E-state index contributed by atoms with van der Waals surface area (Å²) < 4.78 is 28.4. The van der Waals surface area contributed by atoms with Gasteiger partial charge in [0.1, 0.15) is 11.1 Å². The van der Waals surface area contributed by atoms with E-state index in [1.54, 1.807) is 23.1 Å². The molecule has 2 aromatic carbocycles. The number of carbonyl (C=O) groups is 1. The number of hydrogen-bond acceptors (Lipinski definition) is 4. The number of carbonyl (C=O) groups excluding carboxylic acids is 1. The van der Waals surface area contributed by atoms with Crippen molar-refractivity contribution in [1.82, 2.24) is 4.90 Å². The number of nitrogens with zero attached hydrogens (tertiary/aromatic N) is 1. The summed E-state index contributed by atoms with van der Waals surface area (Å²) in [4.78, 5) is 14.6. The zero-order chi connectivity index (χ0) is 20.0. The molecule has 1 amide bonds. The Kier molecular flexibility index (Phi) is 7.27. The monoisotopic (exact) mass is 409 g/mol. The number of rotatable bonds is 8.